The summed E-state index contributed by atoms with van der Waals surface area (Å²) in [6, 6.07) is 12.0. The van der Waals surface area contributed by atoms with Crippen LogP contribution in [0.15, 0.2) is 65.2 Å². The van der Waals surface area contributed by atoms with Crippen LogP contribution in [-0.2, 0) is 4.79 Å². The smallest absolute Gasteiger partial charge is 0.217 e. The van der Waals surface area contributed by atoms with Crippen LogP contribution in [0.4, 0.5) is 14.5 Å². The van der Waals surface area contributed by atoms with E-state index in [1.165, 1.54) is 36.9 Å². The molecule has 4 unspecified atom stereocenters. The van der Waals surface area contributed by atoms with E-state index in [2.05, 4.69) is 30.2 Å². The highest BCUT2D eigenvalue weighted by Crippen LogP contribution is 2.55. The molecule has 0 heterocycles. The number of amides is 1. The van der Waals surface area contributed by atoms with E-state index >= 15 is 0 Å². The highest BCUT2D eigenvalue weighted by atomic mass is 19.1. The molecule has 1 amide bonds. The van der Waals surface area contributed by atoms with Gasteiger partial charge in [-0.15, -0.1) is 0 Å². The summed E-state index contributed by atoms with van der Waals surface area (Å²) >= 11 is 0. The van der Waals surface area contributed by atoms with Gasteiger partial charge < -0.3 is 10.7 Å². The van der Waals surface area contributed by atoms with E-state index in [-0.39, 0.29) is 34.8 Å². The third-order valence-electron chi connectivity index (χ3n) is 7.18. The van der Waals surface area contributed by atoms with E-state index in [9.17, 15) is 13.6 Å². The highest BCUT2D eigenvalue weighted by molar-refractivity contribution is 6.08. The van der Waals surface area contributed by atoms with E-state index in [0.29, 0.717) is 17.7 Å². The van der Waals surface area contributed by atoms with Crippen LogP contribution in [0.2, 0.25) is 0 Å². The van der Waals surface area contributed by atoms with Gasteiger partial charge in [-0.25, -0.2) is 8.78 Å². The Morgan fingerprint density at radius 1 is 1.26 bits per heavy atom. The molecule has 2 aliphatic carbocycles. The number of fused-ring (bicyclic) bond motifs is 1. The largest absolute Gasteiger partial charge is 0.343 e. The maximum Gasteiger partial charge on any atom is 0.217 e. The monoisotopic (exact) mass is 473 g/mol. The fraction of sp³-hybridized carbons (Fsp3) is 0.345. The maximum absolute atomic E-state index is 14.0. The van der Waals surface area contributed by atoms with Crippen LogP contribution in [0.1, 0.15) is 45.1 Å². The van der Waals surface area contributed by atoms with Crippen molar-refractivity contribution in [3.63, 3.8) is 0 Å². The zero-order valence-corrected chi connectivity index (χ0v) is 19.9. The molecule has 180 valence electrons. The molecule has 0 radical (unpaired) electrons. The van der Waals surface area contributed by atoms with Crippen molar-refractivity contribution in [3.8, 4) is 11.8 Å². The van der Waals surface area contributed by atoms with Gasteiger partial charge in [0.2, 0.25) is 5.91 Å². The molecule has 2 aromatic rings. The molecule has 2 N–H and O–H groups in total. The van der Waals surface area contributed by atoms with Crippen molar-refractivity contribution in [1.29, 1.82) is 5.41 Å². The van der Waals surface area contributed by atoms with Crippen molar-refractivity contribution < 1.29 is 13.6 Å². The molecule has 4 rings (SSSR count). The Kier molecular flexibility index (Phi) is 7.25. The summed E-state index contributed by atoms with van der Waals surface area (Å²) in [4.78, 5) is 16.6. The van der Waals surface area contributed by atoms with Gasteiger partial charge in [-0.05, 0) is 79.5 Å². The van der Waals surface area contributed by atoms with E-state index in [1.807, 2.05) is 0 Å². The SMILES string of the molecule is CC(=O)NC(C#Cc1ccccc1F)CC1CCC2=CC(=Nc3ccc(F)cc3)C(C=N)CC21C. The normalized spacial score (nSPS) is 25.1. The number of nitrogens with zero attached hydrogens (tertiary/aromatic N) is 1. The summed E-state index contributed by atoms with van der Waals surface area (Å²) in [5, 5.41) is 11.0. The van der Waals surface area contributed by atoms with Crippen LogP contribution >= 0.6 is 0 Å². The molecular formula is C29H29F2N3O. The van der Waals surface area contributed by atoms with Crippen molar-refractivity contribution in [2.24, 2.45) is 22.2 Å². The average Bonchev–Trinajstić information content (AvgIpc) is 3.14. The second kappa shape index (κ2) is 10.4. The standard InChI is InChI=1S/C29H29F2N3O/c1-19(35)33-26(12-7-20-5-3-4-6-27(20)31)15-22-8-9-23-16-28(21(18-32)17-29(22,23)2)34-25-13-10-24(30)11-14-25/h3-6,10-11,13-14,16,18,21-22,26,32H,8-9,15,17H2,1-2H3,(H,33,35). The molecule has 4 atom stereocenters. The summed E-state index contributed by atoms with van der Waals surface area (Å²) in [6.07, 6.45) is 6.75. The first kappa shape index (κ1) is 24.5. The number of rotatable bonds is 5. The van der Waals surface area contributed by atoms with Crippen LogP contribution < -0.4 is 5.32 Å². The third kappa shape index (κ3) is 5.57. The van der Waals surface area contributed by atoms with E-state index < -0.39 is 6.04 Å². The van der Waals surface area contributed by atoms with Gasteiger partial charge in [0.25, 0.3) is 0 Å². The summed E-state index contributed by atoms with van der Waals surface area (Å²) in [6.45, 7) is 3.68. The van der Waals surface area contributed by atoms with Crippen molar-refractivity contribution in [3.05, 3.63) is 77.4 Å². The Bertz CT molecular complexity index is 1240. The number of benzene rings is 2. The minimum absolute atomic E-state index is 0.152. The average molecular weight is 474 g/mol. The van der Waals surface area contributed by atoms with Crippen molar-refractivity contribution in [2.75, 3.05) is 0 Å². The topological polar surface area (TPSA) is 65.3 Å². The summed E-state index contributed by atoms with van der Waals surface area (Å²) in [7, 11) is 0. The minimum atomic E-state index is -0.402. The number of carbonyl (C=O) groups excluding carboxylic acids is 1. The summed E-state index contributed by atoms with van der Waals surface area (Å²) in [5.74, 6) is 5.21. The summed E-state index contributed by atoms with van der Waals surface area (Å²) < 4.78 is 27.3. The van der Waals surface area contributed by atoms with Gasteiger partial charge in [-0.3, -0.25) is 9.79 Å². The lowest BCUT2D eigenvalue weighted by Gasteiger charge is -2.39. The molecule has 0 bridgehead atoms. The van der Waals surface area contributed by atoms with Gasteiger partial charge in [0.1, 0.15) is 11.6 Å². The molecule has 4 nitrogen and oxygen atoms in total. The van der Waals surface area contributed by atoms with Gasteiger partial charge in [0.05, 0.1) is 17.3 Å². The van der Waals surface area contributed by atoms with Gasteiger partial charge >= 0.3 is 0 Å². The molecule has 1 fully saturated rings. The molecule has 2 aromatic carbocycles. The Balaban J connectivity index is 1.59. The molecule has 0 spiro atoms. The Morgan fingerprint density at radius 3 is 2.69 bits per heavy atom. The van der Waals surface area contributed by atoms with E-state index in [1.54, 1.807) is 30.3 Å². The van der Waals surface area contributed by atoms with Gasteiger partial charge in [-0.1, -0.05) is 36.5 Å². The lowest BCUT2D eigenvalue weighted by molar-refractivity contribution is -0.119. The number of carbonyl (C=O) groups is 1. The first-order chi connectivity index (χ1) is 16.8. The Labute approximate surface area is 205 Å². The molecular weight excluding hydrogens is 444 g/mol. The van der Waals surface area contributed by atoms with Crippen molar-refractivity contribution >= 4 is 23.5 Å². The number of allylic oxidation sites excluding steroid dienone is 2. The van der Waals surface area contributed by atoms with Crippen molar-refractivity contribution in [2.45, 2.75) is 45.6 Å². The molecule has 35 heavy (non-hydrogen) atoms. The van der Waals surface area contributed by atoms with Crippen LogP contribution in [0.5, 0.6) is 0 Å². The second-order valence-electron chi connectivity index (χ2n) is 9.55. The van der Waals surface area contributed by atoms with E-state index in [0.717, 1.165) is 25.0 Å². The van der Waals surface area contributed by atoms with Gasteiger partial charge in [-0.2, -0.15) is 0 Å². The minimum Gasteiger partial charge on any atom is -0.343 e. The van der Waals surface area contributed by atoms with Gasteiger partial charge in [0, 0.05) is 24.8 Å². The van der Waals surface area contributed by atoms with E-state index in [4.69, 9.17) is 10.4 Å². The van der Waals surface area contributed by atoms with Crippen LogP contribution in [-0.4, -0.2) is 23.9 Å². The molecule has 0 aliphatic heterocycles. The zero-order valence-electron chi connectivity index (χ0n) is 19.9. The number of hydrogen-bond acceptors (Lipinski definition) is 3. The zero-order chi connectivity index (χ0) is 25.0. The van der Waals surface area contributed by atoms with Crippen LogP contribution in [0, 0.1) is 46.1 Å². The lowest BCUT2D eigenvalue weighted by atomic mass is 9.65. The fourth-order valence-electron chi connectivity index (χ4n) is 5.29. The second-order valence-corrected chi connectivity index (χ2v) is 9.55. The van der Waals surface area contributed by atoms with Crippen LogP contribution in [0.25, 0.3) is 0 Å². The first-order valence-electron chi connectivity index (χ1n) is 11.9. The van der Waals surface area contributed by atoms with Crippen LogP contribution in [0.3, 0.4) is 0 Å². The Morgan fingerprint density at radius 2 is 2.00 bits per heavy atom. The molecule has 2 aliphatic rings. The fourth-order valence-corrected chi connectivity index (χ4v) is 5.29. The number of halogens is 2. The first-order valence-corrected chi connectivity index (χ1v) is 11.9. The molecule has 0 saturated heterocycles. The predicted molar refractivity (Wildman–Crippen MR) is 135 cm³/mol. The Hall–Kier alpha value is -3.59. The quantitative estimate of drug-likeness (QED) is 0.406. The molecule has 1 saturated carbocycles. The number of aliphatic imine (C=N–C) groups is 1. The lowest BCUT2D eigenvalue weighted by Crippen LogP contribution is -2.39. The maximum atomic E-state index is 14.0. The molecule has 0 aromatic heterocycles. The van der Waals surface area contributed by atoms with Crippen molar-refractivity contribution in [1.82, 2.24) is 5.32 Å². The predicted octanol–water partition coefficient (Wildman–Crippen LogP) is 6.00. The number of hydrogen-bond donors (Lipinski definition) is 2. The molecule has 6 heteroatoms. The number of nitrogens with one attached hydrogen (secondary N) is 2. The summed E-state index contributed by atoms with van der Waals surface area (Å²) in [5.41, 5.74) is 2.92. The third-order valence-corrected chi connectivity index (χ3v) is 7.18. The highest BCUT2D eigenvalue weighted by Gasteiger charge is 2.47. The van der Waals surface area contributed by atoms with Gasteiger partial charge in [0.15, 0.2) is 0 Å².